The summed E-state index contributed by atoms with van der Waals surface area (Å²) in [5, 5.41) is 8.86. The number of carboxylic acid groups (broad SMARTS) is 1. The van der Waals surface area contributed by atoms with Crippen molar-refractivity contribution in [1.29, 1.82) is 0 Å². The number of carbonyl (C=O) groups is 1. The summed E-state index contributed by atoms with van der Waals surface area (Å²) in [6.07, 6.45) is 2.31. The Hall–Kier alpha value is -0.220. The molecule has 0 spiro atoms. The van der Waals surface area contributed by atoms with Crippen LogP contribution in [0.2, 0.25) is 0 Å². The number of hydrogen-bond acceptors (Lipinski definition) is 3. The van der Waals surface area contributed by atoms with E-state index in [-0.39, 0.29) is 0 Å². The van der Waals surface area contributed by atoms with Crippen LogP contribution < -0.4 is 5.73 Å². The summed E-state index contributed by atoms with van der Waals surface area (Å²) < 4.78 is 0. The fourth-order valence-electron chi connectivity index (χ4n) is 1.00. The van der Waals surface area contributed by atoms with Crippen molar-refractivity contribution in [3.63, 3.8) is 0 Å². The molecule has 0 aliphatic rings. The molecule has 0 aliphatic heterocycles. The maximum Gasteiger partial charge on any atom is 0.320 e. The highest BCUT2D eigenvalue weighted by atomic mass is 32.1. The highest BCUT2D eigenvalue weighted by molar-refractivity contribution is 7.81. The molecule has 0 heterocycles. The lowest BCUT2D eigenvalue weighted by Gasteiger charge is -2.14. The number of carboxylic acids is 1. The van der Waals surface area contributed by atoms with Crippen molar-refractivity contribution in [3.05, 3.63) is 0 Å². The van der Waals surface area contributed by atoms with Gasteiger partial charge in [-0.25, -0.2) is 0 Å². The predicted molar refractivity (Wildman–Crippen MR) is 57.1 cm³/mol. The second-order valence-corrected chi connectivity index (χ2v) is 4.35. The van der Waals surface area contributed by atoms with Crippen LogP contribution in [0.4, 0.5) is 0 Å². The average Bonchev–Trinajstić information content (AvgIpc) is 2.03. The largest absolute Gasteiger partial charge is 0.480 e. The minimum Gasteiger partial charge on any atom is -0.480 e. The van der Waals surface area contributed by atoms with Gasteiger partial charge in [-0.2, -0.15) is 12.6 Å². The molecule has 0 aliphatic carbocycles. The van der Waals surface area contributed by atoms with Crippen molar-refractivity contribution in [3.8, 4) is 0 Å². The molecule has 0 fully saturated rings. The van der Waals surface area contributed by atoms with Gasteiger partial charge in [-0.05, 0) is 18.8 Å². The van der Waals surface area contributed by atoms with Crippen LogP contribution in [0.5, 0.6) is 0 Å². The van der Waals surface area contributed by atoms with Gasteiger partial charge in [0, 0.05) is 5.25 Å². The van der Waals surface area contributed by atoms with E-state index in [1.807, 2.05) is 0 Å². The first-order valence-corrected chi connectivity index (χ1v) is 5.13. The fraction of sp³-hybridized carbons (Fsp3) is 0.889. The standard InChI is InChI=1S/C9H19NO2S/c1-6(2)8(13)5-3-4-7(10)9(11)12/h6-8,13H,3-5,10H2,1-2H3,(H,11,12). The van der Waals surface area contributed by atoms with E-state index >= 15 is 0 Å². The monoisotopic (exact) mass is 205 g/mol. The highest BCUT2D eigenvalue weighted by Gasteiger charge is 2.13. The second-order valence-electron chi connectivity index (χ2n) is 3.69. The van der Waals surface area contributed by atoms with Gasteiger partial charge in [0.15, 0.2) is 0 Å². The molecular weight excluding hydrogens is 186 g/mol. The lowest BCUT2D eigenvalue weighted by molar-refractivity contribution is -0.138. The third-order valence-electron chi connectivity index (χ3n) is 2.10. The summed E-state index contributed by atoms with van der Waals surface area (Å²) in [6.45, 7) is 4.21. The van der Waals surface area contributed by atoms with Crippen LogP contribution in [0, 0.1) is 5.92 Å². The quantitative estimate of drug-likeness (QED) is 0.576. The van der Waals surface area contributed by atoms with Gasteiger partial charge >= 0.3 is 5.97 Å². The Morgan fingerprint density at radius 2 is 2.00 bits per heavy atom. The van der Waals surface area contributed by atoms with E-state index in [1.54, 1.807) is 0 Å². The molecule has 0 bridgehead atoms. The molecule has 0 aromatic heterocycles. The van der Waals surface area contributed by atoms with Gasteiger partial charge in [-0.1, -0.05) is 20.3 Å². The summed E-state index contributed by atoms with van der Waals surface area (Å²) in [5.74, 6) is -0.385. The Bertz CT molecular complexity index is 162. The molecule has 2 atom stereocenters. The maximum absolute atomic E-state index is 10.4. The number of hydrogen-bond donors (Lipinski definition) is 3. The molecule has 0 aromatic rings. The number of rotatable bonds is 6. The summed E-state index contributed by atoms with van der Waals surface area (Å²) in [6, 6.07) is -0.715. The Kier molecular flexibility index (Phi) is 6.16. The molecule has 2 unspecified atom stereocenters. The molecule has 0 amide bonds. The summed E-state index contributed by atoms with van der Waals surface area (Å²) in [5.41, 5.74) is 5.35. The van der Waals surface area contributed by atoms with Crippen molar-refractivity contribution in [2.45, 2.75) is 44.4 Å². The van der Waals surface area contributed by atoms with E-state index < -0.39 is 12.0 Å². The van der Waals surface area contributed by atoms with Crippen molar-refractivity contribution in [2.75, 3.05) is 0 Å². The Labute approximate surface area is 85.1 Å². The molecule has 13 heavy (non-hydrogen) atoms. The smallest absolute Gasteiger partial charge is 0.320 e. The van der Waals surface area contributed by atoms with Crippen LogP contribution in [-0.2, 0) is 4.79 Å². The van der Waals surface area contributed by atoms with Crippen molar-refractivity contribution in [2.24, 2.45) is 11.7 Å². The van der Waals surface area contributed by atoms with Gasteiger partial charge in [-0.3, -0.25) is 4.79 Å². The summed E-state index contributed by atoms with van der Waals surface area (Å²) in [7, 11) is 0. The molecule has 0 saturated carbocycles. The first-order valence-electron chi connectivity index (χ1n) is 4.61. The lowest BCUT2D eigenvalue weighted by atomic mass is 10.0. The minimum absolute atomic E-state index is 0.348. The van der Waals surface area contributed by atoms with Gasteiger partial charge in [0.25, 0.3) is 0 Å². The number of thiol groups is 1. The van der Waals surface area contributed by atoms with Crippen LogP contribution in [0.3, 0.4) is 0 Å². The first kappa shape index (κ1) is 12.8. The van der Waals surface area contributed by atoms with Gasteiger partial charge in [0.1, 0.15) is 6.04 Å². The highest BCUT2D eigenvalue weighted by Crippen LogP contribution is 2.16. The van der Waals surface area contributed by atoms with Gasteiger partial charge in [-0.15, -0.1) is 0 Å². The predicted octanol–water partition coefficient (Wildman–Crippen LogP) is 1.52. The molecule has 0 radical (unpaired) electrons. The molecule has 3 N–H and O–H groups in total. The first-order chi connectivity index (χ1) is 5.95. The normalized spacial score (nSPS) is 15.8. The maximum atomic E-state index is 10.4. The van der Waals surface area contributed by atoms with Crippen LogP contribution in [-0.4, -0.2) is 22.4 Å². The Balaban J connectivity index is 3.50. The van der Waals surface area contributed by atoms with Crippen LogP contribution in [0.1, 0.15) is 33.1 Å². The van der Waals surface area contributed by atoms with Crippen LogP contribution in [0.15, 0.2) is 0 Å². The van der Waals surface area contributed by atoms with Crippen molar-refractivity contribution < 1.29 is 9.90 Å². The van der Waals surface area contributed by atoms with E-state index in [4.69, 9.17) is 10.8 Å². The second kappa shape index (κ2) is 6.27. The zero-order valence-electron chi connectivity index (χ0n) is 8.23. The van der Waals surface area contributed by atoms with Crippen molar-refractivity contribution in [1.82, 2.24) is 0 Å². The minimum atomic E-state index is -0.916. The van der Waals surface area contributed by atoms with Gasteiger partial charge in [0.2, 0.25) is 0 Å². The van der Waals surface area contributed by atoms with E-state index in [2.05, 4.69) is 26.5 Å². The third-order valence-corrected chi connectivity index (χ3v) is 2.96. The molecule has 78 valence electrons. The zero-order chi connectivity index (χ0) is 10.4. The molecule has 0 saturated heterocycles. The van der Waals surface area contributed by atoms with E-state index in [0.29, 0.717) is 17.6 Å². The van der Waals surface area contributed by atoms with Crippen molar-refractivity contribution >= 4 is 18.6 Å². The Morgan fingerprint density at radius 1 is 1.46 bits per heavy atom. The van der Waals surface area contributed by atoms with Gasteiger partial charge in [0.05, 0.1) is 0 Å². The topological polar surface area (TPSA) is 63.3 Å². The third kappa shape index (κ3) is 5.93. The zero-order valence-corrected chi connectivity index (χ0v) is 9.13. The number of aliphatic carboxylic acids is 1. The molecule has 3 nitrogen and oxygen atoms in total. The van der Waals surface area contributed by atoms with E-state index in [0.717, 1.165) is 12.8 Å². The fourth-order valence-corrected chi connectivity index (χ4v) is 1.19. The average molecular weight is 205 g/mol. The summed E-state index contributed by atoms with van der Waals surface area (Å²) in [4.78, 5) is 10.4. The molecule has 0 rings (SSSR count). The van der Waals surface area contributed by atoms with Crippen LogP contribution in [0.25, 0.3) is 0 Å². The SMILES string of the molecule is CC(C)C(S)CCCC(N)C(=O)O. The molecule has 0 aromatic carbocycles. The summed E-state index contributed by atoms with van der Waals surface area (Å²) >= 11 is 4.39. The number of nitrogens with two attached hydrogens (primary N) is 1. The van der Waals surface area contributed by atoms with E-state index in [1.165, 1.54) is 0 Å². The molecular formula is C9H19NO2S. The molecule has 4 heteroatoms. The van der Waals surface area contributed by atoms with Crippen LogP contribution >= 0.6 is 12.6 Å². The lowest BCUT2D eigenvalue weighted by Crippen LogP contribution is -2.30. The van der Waals surface area contributed by atoms with Gasteiger partial charge < -0.3 is 10.8 Å². The Morgan fingerprint density at radius 3 is 2.38 bits per heavy atom. The van der Waals surface area contributed by atoms with E-state index in [9.17, 15) is 4.79 Å².